The first-order valence-corrected chi connectivity index (χ1v) is 6.17. The van der Waals surface area contributed by atoms with E-state index in [9.17, 15) is 0 Å². The summed E-state index contributed by atoms with van der Waals surface area (Å²) in [7, 11) is 0. The Morgan fingerprint density at radius 2 is 2.12 bits per heavy atom. The first-order valence-electron chi connectivity index (χ1n) is 6.17. The van der Waals surface area contributed by atoms with Crippen LogP contribution in [0.25, 0.3) is 0 Å². The summed E-state index contributed by atoms with van der Waals surface area (Å²) in [6, 6.07) is 12.8. The molecule has 88 valence electrons. The molecule has 0 radical (unpaired) electrons. The van der Waals surface area contributed by atoms with Gasteiger partial charge in [-0.05, 0) is 36.6 Å². The first-order chi connectivity index (χ1) is 8.33. The van der Waals surface area contributed by atoms with E-state index in [0.717, 1.165) is 24.6 Å². The number of rotatable bonds is 4. The van der Waals surface area contributed by atoms with Crippen molar-refractivity contribution in [2.45, 2.75) is 25.8 Å². The fourth-order valence-corrected chi connectivity index (χ4v) is 2.49. The van der Waals surface area contributed by atoms with E-state index in [0.29, 0.717) is 5.92 Å². The van der Waals surface area contributed by atoms with Crippen LogP contribution in [-0.4, -0.2) is 6.54 Å². The molecule has 2 heteroatoms. The van der Waals surface area contributed by atoms with Crippen molar-refractivity contribution in [3.8, 4) is 0 Å². The highest BCUT2D eigenvalue weighted by Gasteiger charge is 2.24. The Kier molecular flexibility index (Phi) is 2.73. The Morgan fingerprint density at radius 1 is 1.24 bits per heavy atom. The van der Waals surface area contributed by atoms with Crippen molar-refractivity contribution in [3.63, 3.8) is 0 Å². The number of hydrogen-bond acceptors (Lipinski definition) is 2. The fraction of sp³-hybridized carbons (Fsp3) is 0.333. The average molecular weight is 227 g/mol. The summed E-state index contributed by atoms with van der Waals surface area (Å²) >= 11 is 0. The fourth-order valence-electron chi connectivity index (χ4n) is 2.49. The second-order valence-corrected chi connectivity index (χ2v) is 4.74. The van der Waals surface area contributed by atoms with Crippen LogP contribution in [0, 0.1) is 6.92 Å². The third kappa shape index (κ3) is 2.13. The van der Waals surface area contributed by atoms with Crippen LogP contribution in [0.5, 0.6) is 0 Å². The lowest BCUT2D eigenvalue weighted by Gasteiger charge is -2.30. The molecule has 1 aromatic carbocycles. The third-order valence-corrected chi connectivity index (χ3v) is 3.45. The number of hydrogen-bond donors (Lipinski definition) is 1. The van der Waals surface area contributed by atoms with Gasteiger partial charge in [0.25, 0.3) is 0 Å². The highest BCUT2D eigenvalue weighted by atomic mass is 16.3. The zero-order valence-electron chi connectivity index (χ0n) is 10.1. The lowest BCUT2D eigenvalue weighted by molar-refractivity contribution is 0.447. The molecular formula is C15H17NO. The van der Waals surface area contributed by atoms with Gasteiger partial charge < -0.3 is 9.73 Å². The molecule has 0 amide bonds. The van der Waals surface area contributed by atoms with E-state index in [1.165, 1.54) is 17.5 Å². The van der Waals surface area contributed by atoms with Crippen molar-refractivity contribution in [1.29, 1.82) is 0 Å². The Labute approximate surface area is 102 Å². The van der Waals surface area contributed by atoms with Gasteiger partial charge in [0.15, 0.2) is 0 Å². The van der Waals surface area contributed by atoms with E-state index in [2.05, 4.69) is 29.6 Å². The summed E-state index contributed by atoms with van der Waals surface area (Å²) in [5.74, 6) is 2.69. The van der Waals surface area contributed by atoms with Crippen LogP contribution in [0.3, 0.4) is 0 Å². The smallest absolute Gasteiger partial charge is 0.117 e. The van der Waals surface area contributed by atoms with Crippen molar-refractivity contribution in [2.24, 2.45) is 0 Å². The van der Waals surface area contributed by atoms with Gasteiger partial charge in [-0.1, -0.05) is 24.3 Å². The minimum atomic E-state index is 0.683. The summed E-state index contributed by atoms with van der Waals surface area (Å²) in [5.41, 5.74) is 3.02. The first kappa shape index (κ1) is 10.6. The van der Waals surface area contributed by atoms with Gasteiger partial charge in [-0.2, -0.15) is 0 Å². The van der Waals surface area contributed by atoms with Crippen molar-refractivity contribution in [2.75, 3.05) is 6.54 Å². The molecule has 1 N–H and O–H groups in total. The molecule has 1 aliphatic rings. The SMILES string of the molecule is Cc1ccc(CNCC2Cc3ccccc32)o1. The van der Waals surface area contributed by atoms with Crippen molar-refractivity contribution in [3.05, 3.63) is 59.0 Å². The predicted octanol–water partition coefficient (Wildman–Crippen LogP) is 3.02. The molecule has 2 aromatic rings. The molecular weight excluding hydrogens is 210 g/mol. The Bertz CT molecular complexity index is 515. The molecule has 1 atom stereocenters. The molecule has 3 rings (SSSR count). The van der Waals surface area contributed by atoms with Gasteiger partial charge in [0.05, 0.1) is 6.54 Å². The minimum absolute atomic E-state index is 0.683. The van der Waals surface area contributed by atoms with Gasteiger partial charge in [-0.3, -0.25) is 0 Å². The maximum Gasteiger partial charge on any atom is 0.117 e. The maximum absolute atomic E-state index is 5.52. The quantitative estimate of drug-likeness (QED) is 0.868. The predicted molar refractivity (Wildman–Crippen MR) is 68.0 cm³/mol. The van der Waals surface area contributed by atoms with Crippen LogP contribution in [0.1, 0.15) is 28.6 Å². The summed E-state index contributed by atoms with van der Waals surface area (Å²) < 4.78 is 5.52. The molecule has 17 heavy (non-hydrogen) atoms. The third-order valence-electron chi connectivity index (χ3n) is 3.45. The van der Waals surface area contributed by atoms with E-state index >= 15 is 0 Å². The molecule has 0 aliphatic heterocycles. The summed E-state index contributed by atoms with van der Waals surface area (Å²) in [4.78, 5) is 0. The molecule has 0 spiro atoms. The molecule has 0 fully saturated rings. The van der Waals surface area contributed by atoms with Gasteiger partial charge in [0.1, 0.15) is 11.5 Å². The number of nitrogens with one attached hydrogen (secondary N) is 1. The molecule has 0 saturated heterocycles. The molecule has 0 bridgehead atoms. The number of furan rings is 1. The number of aryl methyl sites for hydroxylation is 1. The van der Waals surface area contributed by atoms with Crippen molar-refractivity contribution in [1.82, 2.24) is 5.32 Å². The van der Waals surface area contributed by atoms with Crippen molar-refractivity contribution < 1.29 is 4.42 Å². The van der Waals surface area contributed by atoms with Gasteiger partial charge in [-0.25, -0.2) is 0 Å². The standard InChI is InChI=1S/C15H17NO/c1-11-6-7-14(17-11)10-16-9-13-8-12-4-2-3-5-15(12)13/h2-7,13,16H,8-10H2,1H3. The van der Waals surface area contributed by atoms with Gasteiger partial charge in [0, 0.05) is 12.5 Å². The number of fused-ring (bicyclic) bond motifs is 1. The lowest BCUT2D eigenvalue weighted by Crippen LogP contribution is -2.28. The second-order valence-electron chi connectivity index (χ2n) is 4.74. The molecule has 1 unspecified atom stereocenters. The summed E-state index contributed by atoms with van der Waals surface area (Å²) in [5, 5.41) is 3.46. The van der Waals surface area contributed by atoms with E-state index in [1.54, 1.807) is 0 Å². The summed E-state index contributed by atoms with van der Waals surface area (Å²) in [6.45, 7) is 3.84. The van der Waals surface area contributed by atoms with Crippen LogP contribution in [0.4, 0.5) is 0 Å². The van der Waals surface area contributed by atoms with Crippen molar-refractivity contribution >= 4 is 0 Å². The van der Waals surface area contributed by atoms with E-state index < -0.39 is 0 Å². The topological polar surface area (TPSA) is 25.2 Å². The van der Waals surface area contributed by atoms with Crippen LogP contribution < -0.4 is 5.32 Å². The zero-order chi connectivity index (χ0) is 11.7. The van der Waals surface area contributed by atoms with Crippen LogP contribution in [0.15, 0.2) is 40.8 Å². The Hall–Kier alpha value is -1.54. The van der Waals surface area contributed by atoms with E-state index in [1.807, 2.05) is 19.1 Å². The Morgan fingerprint density at radius 3 is 2.88 bits per heavy atom. The number of benzene rings is 1. The average Bonchev–Trinajstić information content (AvgIpc) is 2.71. The zero-order valence-corrected chi connectivity index (χ0v) is 10.1. The van der Waals surface area contributed by atoms with Gasteiger partial charge >= 0.3 is 0 Å². The van der Waals surface area contributed by atoms with Crippen LogP contribution >= 0.6 is 0 Å². The molecule has 2 nitrogen and oxygen atoms in total. The molecule has 0 saturated carbocycles. The monoisotopic (exact) mass is 227 g/mol. The van der Waals surface area contributed by atoms with Crippen LogP contribution in [0.2, 0.25) is 0 Å². The highest BCUT2D eigenvalue weighted by Crippen LogP contribution is 2.33. The van der Waals surface area contributed by atoms with Gasteiger partial charge in [-0.15, -0.1) is 0 Å². The van der Waals surface area contributed by atoms with Gasteiger partial charge in [0.2, 0.25) is 0 Å². The molecule has 1 aromatic heterocycles. The minimum Gasteiger partial charge on any atom is -0.465 e. The molecule has 1 aliphatic carbocycles. The summed E-state index contributed by atoms with van der Waals surface area (Å²) in [6.07, 6.45) is 1.21. The maximum atomic E-state index is 5.52. The van der Waals surface area contributed by atoms with Crippen LogP contribution in [-0.2, 0) is 13.0 Å². The molecule has 1 heterocycles. The largest absolute Gasteiger partial charge is 0.465 e. The lowest BCUT2D eigenvalue weighted by atomic mass is 9.77. The Balaban J connectivity index is 1.51. The normalized spacial score (nSPS) is 17.6. The van der Waals surface area contributed by atoms with E-state index in [4.69, 9.17) is 4.42 Å². The van der Waals surface area contributed by atoms with E-state index in [-0.39, 0.29) is 0 Å². The highest BCUT2D eigenvalue weighted by molar-refractivity contribution is 5.40. The second kappa shape index (κ2) is 4.38.